The molecule has 0 bridgehead atoms. The largest absolute Gasteiger partial charge is 0.481 e. The summed E-state index contributed by atoms with van der Waals surface area (Å²) in [5.41, 5.74) is 0. The molecule has 10 heteroatoms. The monoisotopic (exact) mass is 427 g/mol. The summed E-state index contributed by atoms with van der Waals surface area (Å²) in [6.07, 6.45) is 0.859. The third-order valence-electron chi connectivity index (χ3n) is 5.37. The number of aromatic nitrogens is 3. The number of nitrogens with one attached hydrogen (secondary N) is 1. The number of fused-ring (bicyclic) bond motifs is 1. The molecule has 158 valence electrons. The number of likely N-dealkylation sites (tertiary alicyclic amines) is 1. The number of amides is 1. The Morgan fingerprint density at radius 2 is 1.97 bits per heavy atom. The molecule has 3 heterocycles. The van der Waals surface area contributed by atoms with E-state index in [9.17, 15) is 13.6 Å². The van der Waals surface area contributed by atoms with Crippen molar-refractivity contribution in [3.63, 3.8) is 0 Å². The van der Waals surface area contributed by atoms with Gasteiger partial charge in [0, 0.05) is 38.2 Å². The van der Waals surface area contributed by atoms with Gasteiger partial charge in [-0.1, -0.05) is 0 Å². The number of piperidine rings is 1. The van der Waals surface area contributed by atoms with Gasteiger partial charge in [-0.15, -0.1) is 22.6 Å². The summed E-state index contributed by atoms with van der Waals surface area (Å²) in [5, 5.41) is 11.9. The van der Waals surface area contributed by atoms with Crippen LogP contribution in [0.25, 0.3) is 0 Å². The molecule has 1 N–H and O–H groups in total. The minimum absolute atomic E-state index is 0. The molecule has 1 fully saturated rings. The first-order chi connectivity index (χ1) is 13.5. The maximum Gasteiger partial charge on any atom is 0.263 e. The van der Waals surface area contributed by atoms with Gasteiger partial charge < -0.3 is 19.5 Å². The number of hydrogen-bond donors (Lipinski definition) is 1. The molecule has 1 aromatic heterocycles. The van der Waals surface area contributed by atoms with E-state index in [-0.39, 0.29) is 30.0 Å². The number of halogens is 3. The van der Waals surface area contributed by atoms with Crippen LogP contribution in [-0.4, -0.2) is 51.3 Å². The quantitative estimate of drug-likeness (QED) is 0.810. The fourth-order valence-electron chi connectivity index (χ4n) is 3.84. The minimum Gasteiger partial charge on any atom is -0.481 e. The van der Waals surface area contributed by atoms with Crippen LogP contribution in [0.1, 0.15) is 37.3 Å². The molecule has 7 nitrogen and oxygen atoms in total. The summed E-state index contributed by atoms with van der Waals surface area (Å²) in [6, 6.07) is 3.26. The van der Waals surface area contributed by atoms with Crippen molar-refractivity contribution in [2.45, 2.75) is 44.9 Å². The van der Waals surface area contributed by atoms with Crippen LogP contribution in [-0.2, 0) is 17.9 Å². The molecule has 4 rings (SSSR count). The van der Waals surface area contributed by atoms with E-state index >= 15 is 0 Å². The van der Waals surface area contributed by atoms with Crippen molar-refractivity contribution in [3.8, 4) is 5.75 Å². The highest BCUT2D eigenvalue weighted by Crippen LogP contribution is 2.28. The predicted octanol–water partition coefficient (Wildman–Crippen LogP) is 2.25. The van der Waals surface area contributed by atoms with Crippen molar-refractivity contribution < 1.29 is 18.3 Å². The first-order valence-electron chi connectivity index (χ1n) is 9.56. The molecule has 2 aliphatic rings. The third-order valence-corrected chi connectivity index (χ3v) is 5.37. The molecule has 1 atom stereocenters. The van der Waals surface area contributed by atoms with Gasteiger partial charge in [0.25, 0.3) is 5.91 Å². The second-order valence-electron chi connectivity index (χ2n) is 7.24. The molecule has 0 aliphatic carbocycles. The van der Waals surface area contributed by atoms with Crippen molar-refractivity contribution in [1.82, 2.24) is 25.0 Å². The fraction of sp³-hybridized carbons (Fsp3) is 0.526. The topological polar surface area (TPSA) is 72.3 Å². The summed E-state index contributed by atoms with van der Waals surface area (Å²) in [7, 11) is 0. The van der Waals surface area contributed by atoms with E-state index < -0.39 is 17.7 Å². The van der Waals surface area contributed by atoms with Crippen LogP contribution in [0.4, 0.5) is 8.78 Å². The first kappa shape index (κ1) is 21.4. The number of hydrogen-bond acceptors (Lipinski definition) is 5. The van der Waals surface area contributed by atoms with Crippen molar-refractivity contribution in [1.29, 1.82) is 0 Å². The maximum atomic E-state index is 13.3. The van der Waals surface area contributed by atoms with Crippen LogP contribution in [0.2, 0.25) is 0 Å². The van der Waals surface area contributed by atoms with Crippen LogP contribution in [0.15, 0.2) is 18.2 Å². The molecule has 1 amide bonds. The zero-order valence-corrected chi connectivity index (χ0v) is 16.9. The number of carbonyl (C=O) groups excluding carboxylic acids is 1. The lowest BCUT2D eigenvalue weighted by atomic mass is 9.95. The van der Waals surface area contributed by atoms with Gasteiger partial charge in [-0.05, 0) is 31.9 Å². The number of benzene rings is 1. The van der Waals surface area contributed by atoms with E-state index in [1.54, 1.807) is 11.8 Å². The normalized spacial score (nSPS) is 18.0. The molecule has 0 spiro atoms. The highest BCUT2D eigenvalue weighted by Gasteiger charge is 2.31. The third kappa shape index (κ3) is 4.51. The van der Waals surface area contributed by atoms with Crippen LogP contribution in [0, 0.1) is 11.6 Å². The zero-order chi connectivity index (χ0) is 19.7. The summed E-state index contributed by atoms with van der Waals surface area (Å²) in [5.74, 6) is 0.299. The van der Waals surface area contributed by atoms with Gasteiger partial charge in [-0.2, -0.15) is 0 Å². The highest BCUT2D eigenvalue weighted by molar-refractivity contribution is 5.85. The van der Waals surface area contributed by atoms with Crippen LogP contribution >= 0.6 is 12.4 Å². The van der Waals surface area contributed by atoms with E-state index in [4.69, 9.17) is 4.74 Å². The van der Waals surface area contributed by atoms with Crippen molar-refractivity contribution in [2.24, 2.45) is 0 Å². The standard InChI is InChI=1S/C19H23F2N5O2.ClH/c1-12(28-14-2-3-15(20)16(21)10-14)19(27)25-7-4-13(5-8-25)18-24-23-17-11-22-6-9-26(17)18;/h2-3,10,12-13,22H,4-9,11H2,1H3;1H. The van der Waals surface area contributed by atoms with Gasteiger partial charge in [-0.3, -0.25) is 4.79 Å². The smallest absolute Gasteiger partial charge is 0.263 e. The lowest BCUT2D eigenvalue weighted by molar-refractivity contribution is -0.139. The molecule has 0 saturated carbocycles. The molecule has 2 aromatic rings. The van der Waals surface area contributed by atoms with E-state index in [1.165, 1.54) is 6.07 Å². The van der Waals surface area contributed by atoms with E-state index in [2.05, 4.69) is 20.1 Å². The Hall–Kier alpha value is -2.26. The van der Waals surface area contributed by atoms with Gasteiger partial charge in [0.15, 0.2) is 17.7 Å². The molecule has 1 saturated heterocycles. The lowest BCUT2D eigenvalue weighted by Gasteiger charge is -2.33. The minimum atomic E-state index is -0.996. The maximum absolute atomic E-state index is 13.3. The Morgan fingerprint density at radius 1 is 1.21 bits per heavy atom. The Bertz CT molecular complexity index is 870. The molecular weight excluding hydrogens is 404 g/mol. The average molecular weight is 428 g/mol. The van der Waals surface area contributed by atoms with Crippen LogP contribution in [0.3, 0.4) is 0 Å². The van der Waals surface area contributed by atoms with Crippen LogP contribution in [0.5, 0.6) is 5.75 Å². The summed E-state index contributed by atoms with van der Waals surface area (Å²) < 4.78 is 34.0. The Labute approximate surface area is 173 Å². The van der Waals surface area contributed by atoms with Crippen LogP contribution < -0.4 is 10.1 Å². The average Bonchev–Trinajstić information content (AvgIpc) is 3.14. The van der Waals surface area contributed by atoms with Gasteiger partial charge in [0.1, 0.15) is 17.4 Å². The van der Waals surface area contributed by atoms with Crippen molar-refractivity contribution in [3.05, 3.63) is 41.5 Å². The predicted molar refractivity (Wildman–Crippen MR) is 104 cm³/mol. The molecule has 1 unspecified atom stereocenters. The van der Waals surface area contributed by atoms with E-state index in [0.29, 0.717) is 13.1 Å². The molecule has 2 aliphatic heterocycles. The molecular formula is C19H24ClF2N5O2. The number of carbonyl (C=O) groups is 1. The fourth-order valence-corrected chi connectivity index (χ4v) is 3.84. The van der Waals surface area contributed by atoms with Crippen molar-refractivity contribution >= 4 is 18.3 Å². The second-order valence-corrected chi connectivity index (χ2v) is 7.24. The Morgan fingerprint density at radius 3 is 2.69 bits per heavy atom. The van der Waals surface area contributed by atoms with Gasteiger partial charge in [-0.25, -0.2) is 8.78 Å². The SMILES string of the molecule is CC(Oc1ccc(F)c(F)c1)C(=O)N1CCC(c2nnc3n2CCNC3)CC1.Cl. The van der Waals surface area contributed by atoms with E-state index in [1.807, 2.05) is 0 Å². The number of rotatable bonds is 4. The second kappa shape index (κ2) is 9.04. The molecule has 0 radical (unpaired) electrons. The number of ether oxygens (including phenoxy) is 1. The molecule has 1 aromatic carbocycles. The van der Waals surface area contributed by atoms with Gasteiger partial charge in [0.05, 0.1) is 6.54 Å². The first-order valence-corrected chi connectivity index (χ1v) is 9.56. The Balaban J connectivity index is 0.00000240. The van der Waals surface area contributed by atoms with Crippen molar-refractivity contribution in [2.75, 3.05) is 19.6 Å². The summed E-state index contributed by atoms with van der Waals surface area (Å²) >= 11 is 0. The van der Waals surface area contributed by atoms with Gasteiger partial charge >= 0.3 is 0 Å². The Kier molecular flexibility index (Phi) is 6.69. The summed E-state index contributed by atoms with van der Waals surface area (Å²) in [6.45, 7) is 5.36. The lowest BCUT2D eigenvalue weighted by Crippen LogP contribution is -2.44. The number of nitrogens with zero attached hydrogens (tertiary/aromatic N) is 4. The highest BCUT2D eigenvalue weighted by atomic mass is 35.5. The van der Waals surface area contributed by atoms with Gasteiger partial charge in [0.2, 0.25) is 0 Å². The summed E-state index contributed by atoms with van der Waals surface area (Å²) in [4.78, 5) is 14.4. The zero-order valence-electron chi connectivity index (χ0n) is 16.1. The molecule has 29 heavy (non-hydrogen) atoms. The van der Waals surface area contributed by atoms with E-state index in [0.717, 1.165) is 56.3 Å².